The minimum absolute atomic E-state index is 0. The molecular weight excluding hydrogens is 312 g/mol. The monoisotopic (exact) mass is 340 g/mol. The van der Waals surface area contributed by atoms with Crippen molar-refractivity contribution < 1.29 is 9.53 Å². The summed E-state index contributed by atoms with van der Waals surface area (Å²) in [7, 11) is 1.67. The zero-order valence-electron chi connectivity index (χ0n) is 14.4. The van der Waals surface area contributed by atoms with E-state index in [1.165, 1.54) is 16.7 Å². The number of benzene rings is 1. The second kappa shape index (κ2) is 9.26. The second-order valence-corrected chi connectivity index (χ2v) is 6.47. The van der Waals surface area contributed by atoms with Gasteiger partial charge in [0.1, 0.15) is 0 Å². The van der Waals surface area contributed by atoms with Crippen LogP contribution in [0.3, 0.4) is 0 Å². The van der Waals surface area contributed by atoms with Crippen LogP contribution < -0.4 is 10.6 Å². The van der Waals surface area contributed by atoms with E-state index in [1.807, 2.05) is 0 Å². The largest absolute Gasteiger partial charge is 0.384 e. The van der Waals surface area contributed by atoms with Gasteiger partial charge < -0.3 is 15.4 Å². The van der Waals surface area contributed by atoms with Crippen LogP contribution in [0.5, 0.6) is 0 Å². The van der Waals surface area contributed by atoms with Crippen molar-refractivity contribution in [1.82, 2.24) is 10.6 Å². The summed E-state index contributed by atoms with van der Waals surface area (Å²) in [6.45, 7) is 7.17. The molecule has 0 aromatic heterocycles. The Bertz CT molecular complexity index is 488. The minimum Gasteiger partial charge on any atom is -0.384 e. The lowest BCUT2D eigenvalue weighted by Crippen LogP contribution is -2.50. The molecule has 1 fully saturated rings. The van der Waals surface area contributed by atoms with Gasteiger partial charge in [0.25, 0.3) is 0 Å². The highest BCUT2D eigenvalue weighted by Crippen LogP contribution is 2.29. The van der Waals surface area contributed by atoms with Crippen LogP contribution in [0, 0.1) is 19.3 Å². The lowest BCUT2D eigenvalue weighted by Gasteiger charge is -2.35. The first-order chi connectivity index (χ1) is 10.6. The van der Waals surface area contributed by atoms with Crippen molar-refractivity contribution in [2.45, 2.75) is 33.1 Å². The summed E-state index contributed by atoms with van der Waals surface area (Å²) in [4.78, 5) is 12.6. The zero-order chi connectivity index (χ0) is 16.0. The first-order valence-electron chi connectivity index (χ1n) is 8.11. The second-order valence-electron chi connectivity index (χ2n) is 6.47. The summed E-state index contributed by atoms with van der Waals surface area (Å²) in [5.74, 6) is 0.139. The Morgan fingerprint density at radius 1 is 1.22 bits per heavy atom. The molecule has 1 aromatic rings. The maximum Gasteiger partial charge on any atom is 0.228 e. The number of aryl methyl sites for hydroxylation is 2. The fraction of sp³-hybridized carbons (Fsp3) is 0.611. The fourth-order valence-corrected chi connectivity index (χ4v) is 3.34. The van der Waals surface area contributed by atoms with Gasteiger partial charge in [0.05, 0.1) is 12.0 Å². The summed E-state index contributed by atoms with van der Waals surface area (Å²) in [5, 5.41) is 6.43. The van der Waals surface area contributed by atoms with Crippen LogP contribution in [0.15, 0.2) is 18.2 Å². The average molecular weight is 341 g/mol. The molecule has 2 N–H and O–H groups in total. The fourth-order valence-electron chi connectivity index (χ4n) is 3.34. The molecule has 5 heteroatoms. The van der Waals surface area contributed by atoms with Crippen molar-refractivity contribution in [3.63, 3.8) is 0 Å². The van der Waals surface area contributed by atoms with Crippen LogP contribution in [0.2, 0.25) is 0 Å². The van der Waals surface area contributed by atoms with E-state index in [0.717, 1.165) is 32.4 Å². The molecule has 0 saturated carbocycles. The van der Waals surface area contributed by atoms with E-state index in [9.17, 15) is 4.79 Å². The lowest BCUT2D eigenvalue weighted by atomic mass is 9.78. The Balaban J connectivity index is 0.00000264. The standard InChI is InChI=1S/C18H28N2O2.ClH/c1-14-10-15(2)12-16(11-14)4-7-20-17(21)18(13-22-3)5-8-19-9-6-18;/h10-12,19H,4-9,13H2,1-3H3,(H,20,21);1H. The van der Waals surface area contributed by atoms with Gasteiger partial charge in [-0.05, 0) is 51.8 Å². The normalized spacial score (nSPS) is 16.5. The first kappa shape index (κ1) is 19.9. The Hall–Kier alpha value is -1.10. The molecule has 0 radical (unpaired) electrons. The number of piperidine rings is 1. The summed E-state index contributed by atoms with van der Waals surface area (Å²) in [5.41, 5.74) is 3.47. The van der Waals surface area contributed by atoms with Crippen molar-refractivity contribution in [1.29, 1.82) is 0 Å². The van der Waals surface area contributed by atoms with Crippen molar-refractivity contribution in [2.75, 3.05) is 33.4 Å². The van der Waals surface area contributed by atoms with Crippen molar-refractivity contribution >= 4 is 18.3 Å². The number of hydrogen-bond acceptors (Lipinski definition) is 3. The molecule has 1 aromatic carbocycles. The van der Waals surface area contributed by atoms with Gasteiger partial charge in [-0.15, -0.1) is 12.4 Å². The molecule has 1 aliphatic rings. The number of carbonyl (C=O) groups is 1. The van der Waals surface area contributed by atoms with Crippen LogP contribution >= 0.6 is 12.4 Å². The third kappa shape index (κ3) is 5.48. The minimum atomic E-state index is -0.359. The Labute approximate surface area is 145 Å². The van der Waals surface area contributed by atoms with Crippen LogP contribution in [-0.2, 0) is 16.0 Å². The summed E-state index contributed by atoms with van der Waals surface area (Å²) in [6, 6.07) is 6.55. The SMILES string of the molecule is COCC1(C(=O)NCCc2cc(C)cc(C)c2)CCNCC1.Cl. The molecule has 0 atom stereocenters. The molecule has 23 heavy (non-hydrogen) atoms. The Kier molecular flexibility index (Phi) is 8.03. The third-order valence-electron chi connectivity index (χ3n) is 4.44. The highest BCUT2D eigenvalue weighted by Gasteiger charge is 2.39. The Morgan fingerprint density at radius 2 is 1.83 bits per heavy atom. The summed E-state index contributed by atoms with van der Waals surface area (Å²) in [6.07, 6.45) is 2.56. The van der Waals surface area contributed by atoms with E-state index >= 15 is 0 Å². The molecule has 0 unspecified atom stereocenters. The molecule has 1 heterocycles. The van der Waals surface area contributed by atoms with Crippen molar-refractivity contribution in [2.24, 2.45) is 5.41 Å². The number of rotatable bonds is 6. The molecule has 0 spiro atoms. The van der Waals surface area contributed by atoms with E-state index in [-0.39, 0.29) is 23.7 Å². The number of methoxy groups -OCH3 is 1. The number of carbonyl (C=O) groups excluding carboxylic acids is 1. The van der Waals surface area contributed by atoms with Gasteiger partial charge in [0.2, 0.25) is 5.91 Å². The third-order valence-corrected chi connectivity index (χ3v) is 4.44. The van der Waals surface area contributed by atoms with Gasteiger partial charge in [-0.1, -0.05) is 29.3 Å². The maximum absolute atomic E-state index is 12.6. The van der Waals surface area contributed by atoms with E-state index in [4.69, 9.17) is 4.74 Å². The van der Waals surface area contributed by atoms with Gasteiger partial charge in [-0.25, -0.2) is 0 Å². The predicted molar refractivity (Wildman–Crippen MR) is 96.3 cm³/mol. The zero-order valence-corrected chi connectivity index (χ0v) is 15.2. The molecule has 1 aliphatic heterocycles. The molecule has 0 aliphatic carbocycles. The van der Waals surface area contributed by atoms with E-state index in [2.05, 4.69) is 42.7 Å². The van der Waals surface area contributed by atoms with Gasteiger partial charge in [0.15, 0.2) is 0 Å². The van der Waals surface area contributed by atoms with Crippen LogP contribution in [0.1, 0.15) is 29.5 Å². The molecule has 1 amide bonds. The number of ether oxygens (including phenoxy) is 1. The number of halogens is 1. The summed E-state index contributed by atoms with van der Waals surface area (Å²) < 4.78 is 5.31. The quantitative estimate of drug-likeness (QED) is 0.836. The molecule has 0 bridgehead atoms. The van der Waals surface area contributed by atoms with Crippen LogP contribution in [0.25, 0.3) is 0 Å². The molecular formula is C18H29ClN2O2. The summed E-state index contributed by atoms with van der Waals surface area (Å²) >= 11 is 0. The predicted octanol–water partition coefficient (Wildman–Crippen LogP) is 2.40. The van der Waals surface area contributed by atoms with E-state index < -0.39 is 0 Å². The van der Waals surface area contributed by atoms with Gasteiger partial charge in [-0.3, -0.25) is 4.79 Å². The molecule has 130 valence electrons. The number of amides is 1. The highest BCUT2D eigenvalue weighted by atomic mass is 35.5. The molecule has 1 saturated heterocycles. The molecule has 4 nitrogen and oxygen atoms in total. The van der Waals surface area contributed by atoms with Crippen molar-refractivity contribution in [3.05, 3.63) is 34.9 Å². The smallest absolute Gasteiger partial charge is 0.228 e. The topological polar surface area (TPSA) is 50.4 Å². The Morgan fingerprint density at radius 3 is 2.39 bits per heavy atom. The maximum atomic E-state index is 12.6. The molecule has 2 rings (SSSR count). The lowest BCUT2D eigenvalue weighted by molar-refractivity contribution is -0.136. The van der Waals surface area contributed by atoms with Gasteiger partial charge >= 0.3 is 0 Å². The van der Waals surface area contributed by atoms with E-state index in [0.29, 0.717) is 13.2 Å². The van der Waals surface area contributed by atoms with Gasteiger partial charge in [0, 0.05) is 13.7 Å². The highest BCUT2D eigenvalue weighted by molar-refractivity contribution is 5.85. The number of hydrogen-bond donors (Lipinski definition) is 2. The van der Waals surface area contributed by atoms with Gasteiger partial charge in [-0.2, -0.15) is 0 Å². The number of nitrogens with one attached hydrogen (secondary N) is 2. The average Bonchev–Trinajstić information content (AvgIpc) is 2.47. The van der Waals surface area contributed by atoms with Crippen LogP contribution in [-0.4, -0.2) is 39.3 Å². The first-order valence-corrected chi connectivity index (χ1v) is 8.11. The van der Waals surface area contributed by atoms with Crippen LogP contribution in [0.4, 0.5) is 0 Å². The van der Waals surface area contributed by atoms with E-state index in [1.54, 1.807) is 7.11 Å². The van der Waals surface area contributed by atoms with Crippen molar-refractivity contribution in [3.8, 4) is 0 Å².